The molecule has 0 spiro atoms. The van der Waals surface area contributed by atoms with Crippen molar-refractivity contribution < 1.29 is 9.13 Å². The Bertz CT molecular complexity index is 1350. The maximum atomic E-state index is 15.1. The number of rotatable bonds is 7. The predicted molar refractivity (Wildman–Crippen MR) is 138 cm³/mol. The zero-order valence-corrected chi connectivity index (χ0v) is 21.5. The fraction of sp³-hybridized carbons (Fsp3) is 0.481. The molecule has 0 bridgehead atoms. The van der Waals surface area contributed by atoms with Crippen molar-refractivity contribution >= 4 is 16.9 Å². The van der Waals surface area contributed by atoms with Gasteiger partial charge in [0.15, 0.2) is 5.82 Å². The topological polar surface area (TPSA) is 87.3 Å². The first-order chi connectivity index (χ1) is 17.4. The minimum atomic E-state index is -0.360. The molecule has 1 aliphatic rings. The third-order valence-electron chi connectivity index (χ3n) is 7.36. The highest BCUT2D eigenvalue weighted by atomic mass is 19.1. The van der Waals surface area contributed by atoms with Crippen molar-refractivity contribution in [3.63, 3.8) is 0 Å². The summed E-state index contributed by atoms with van der Waals surface area (Å²) in [5.41, 5.74) is 1.77. The van der Waals surface area contributed by atoms with Crippen LogP contribution in [0.25, 0.3) is 11.0 Å². The molecule has 1 fully saturated rings. The van der Waals surface area contributed by atoms with Crippen LogP contribution in [0.3, 0.4) is 0 Å². The van der Waals surface area contributed by atoms with Crippen molar-refractivity contribution in [3.8, 4) is 11.8 Å². The van der Waals surface area contributed by atoms with Gasteiger partial charge < -0.3 is 9.64 Å². The zero-order valence-electron chi connectivity index (χ0n) is 21.5. The Labute approximate surface area is 210 Å². The lowest BCUT2D eigenvalue weighted by Gasteiger charge is -2.49. The minimum Gasteiger partial charge on any atom is -0.497 e. The molecule has 0 amide bonds. The number of ether oxygens (including phenoxy) is 1. The number of pyridine rings is 1. The summed E-state index contributed by atoms with van der Waals surface area (Å²) in [7, 11) is 3.20. The summed E-state index contributed by atoms with van der Waals surface area (Å²) in [6.45, 7) is 7.62. The fourth-order valence-corrected chi connectivity index (χ4v) is 5.34. The van der Waals surface area contributed by atoms with Crippen LogP contribution in [0, 0.1) is 17.1 Å². The first-order valence-electron chi connectivity index (χ1n) is 12.5. The van der Waals surface area contributed by atoms with E-state index in [1.54, 1.807) is 19.2 Å². The van der Waals surface area contributed by atoms with Gasteiger partial charge in [0, 0.05) is 49.9 Å². The van der Waals surface area contributed by atoms with E-state index in [2.05, 4.69) is 46.6 Å². The van der Waals surface area contributed by atoms with E-state index in [1.165, 1.54) is 17.7 Å². The van der Waals surface area contributed by atoms with Gasteiger partial charge in [0.2, 0.25) is 0 Å². The van der Waals surface area contributed by atoms with Crippen molar-refractivity contribution in [2.75, 3.05) is 25.1 Å². The van der Waals surface area contributed by atoms with Crippen molar-refractivity contribution in [2.24, 2.45) is 7.05 Å². The fourth-order valence-electron chi connectivity index (χ4n) is 5.34. The van der Waals surface area contributed by atoms with Crippen LogP contribution in [0.1, 0.15) is 57.3 Å². The van der Waals surface area contributed by atoms with Gasteiger partial charge in [0.05, 0.1) is 12.6 Å². The summed E-state index contributed by atoms with van der Waals surface area (Å²) in [5, 5.41) is 9.43. The largest absolute Gasteiger partial charge is 0.497 e. The van der Waals surface area contributed by atoms with Gasteiger partial charge in [-0.25, -0.2) is 14.2 Å². The molecule has 1 saturated heterocycles. The first kappa shape index (κ1) is 25.6. The number of benzene rings is 1. The molecule has 0 radical (unpaired) electrons. The van der Waals surface area contributed by atoms with Gasteiger partial charge >= 0.3 is 5.69 Å². The predicted octanol–water partition coefficient (Wildman–Crippen LogP) is 4.18. The second kappa shape index (κ2) is 10.6. The van der Waals surface area contributed by atoms with E-state index >= 15 is 4.39 Å². The van der Waals surface area contributed by atoms with E-state index in [9.17, 15) is 10.1 Å². The number of fused-ring (bicyclic) bond motifs is 1. The summed E-state index contributed by atoms with van der Waals surface area (Å²) >= 11 is 0. The summed E-state index contributed by atoms with van der Waals surface area (Å²) in [6, 6.07) is 10.6. The molecule has 3 heterocycles. The van der Waals surface area contributed by atoms with Crippen molar-refractivity contribution in [1.29, 1.82) is 5.26 Å². The van der Waals surface area contributed by atoms with Gasteiger partial charge in [-0.15, -0.1) is 0 Å². The lowest BCUT2D eigenvalue weighted by Crippen LogP contribution is -2.59. The molecule has 1 aliphatic heterocycles. The van der Waals surface area contributed by atoms with Gasteiger partial charge in [-0.3, -0.25) is 9.47 Å². The van der Waals surface area contributed by atoms with Crippen molar-refractivity contribution in [1.82, 2.24) is 19.4 Å². The average molecular weight is 493 g/mol. The zero-order chi connectivity index (χ0) is 26.0. The summed E-state index contributed by atoms with van der Waals surface area (Å²) in [5.74, 6) is 0.750. The summed E-state index contributed by atoms with van der Waals surface area (Å²) < 4.78 is 21.8. The van der Waals surface area contributed by atoms with Crippen LogP contribution in [-0.2, 0) is 7.05 Å². The molecule has 1 aromatic carbocycles. The number of aromatic nitrogens is 3. The van der Waals surface area contributed by atoms with E-state index in [0.29, 0.717) is 41.3 Å². The van der Waals surface area contributed by atoms with Gasteiger partial charge in [-0.2, -0.15) is 10.2 Å². The number of piperazine rings is 1. The van der Waals surface area contributed by atoms with E-state index < -0.39 is 0 Å². The second-order valence-electron chi connectivity index (χ2n) is 9.24. The van der Waals surface area contributed by atoms with Crippen molar-refractivity contribution in [3.05, 3.63) is 57.9 Å². The minimum absolute atomic E-state index is 0.0403. The van der Waals surface area contributed by atoms with E-state index in [0.717, 1.165) is 19.3 Å². The molecular formula is C27H33FN6O2. The van der Waals surface area contributed by atoms with E-state index in [1.807, 2.05) is 12.1 Å². The highest BCUT2D eigenvalue weighted by molar-refractivity contribution is 5.86. The lowest BCUT2D eigenvalue weighted by atomic mass is 9.94. The number of nitrogens with zero attached hydrogens (tertiary/aromatic N) is 6. The van der Waals surface area contributed by atoms with Crippen LogP contribution in [-0.4, -0.2) is 51.7 Å². The molecular weight excluding hydrogens is 459 g/mol. The van der Waals surface area contributed by atoms with Crippen LogP contribution < -0.4 is 15.3 Å². The molecule has 1 unspecified atom stereocenters. The Kier molecular flexibility index (Phi) is 7.55. The second-order valence-corrected chi connectivity index (χ2v) is 9.24. The number of methoxy groups -OCH3 is 1. The normalized spacial score (nSPS) is 19.3. The molecule has 36 heavy (non-hydrogen) atoms. The molecule has 0 aliphatic carbocycles. The Morgan fingerprint density at radius 2 is 1.89 bits per heavy atom. The van der Waals surface area contributed by atoms with Crippen LogP contribution in [0.15, 0.2) is 35.1 Å². The molecule has 3 atom stereocenters. The maximum Gasteiger partial charge on any atom is 0.349 e. The molecule has 0 N–H and O–H groups in total. The van der Waals surface area contributed by atoms with Gasteiger partial charge in [-0.05, 0) is 37.5 Å². The lowest BCUT2D eigenvalue weighted by molar-refractivity contribution is 0.0876. The monoisotopic (exact) mass is 492 g/mol. The van der Waals surface area contributed by atoms with Crippen LogP contribution >= 0.6 is 0 Å². The number of nitriles is 1. The van der Waals surface area contributed by atoms with Gasteiger partial charge in [0.25, 0.3) is 0 Å². The Hall–Kier alpha value is -3.51. The van der Waals surface area contributed by atoms with Crippen LogP contribution in [0.5, 0.6) is 5.75 Å². The SMILES string of the molecule is CCC(c1ccc(OC)cc1F)N1C[C@H](CC)N(c2nc(=O)n(C)c3ccc(C#N)nc23)C[C@H]1CC. The third-order valence-corrected chi connectivity index (χ3v) is 7.36. The third kappa shape index (κ3) is 4.53. The van der Waals surface area contributed by atoms with Crippen molar-refractivity contribution in [2.45, 2.75) is 58.2 Å². The smallest absolute Gasteiger partial charge is 0.349 e. The molecule has 9 heteroatoms. The molecule has 190 valence electrons. The standard InChI is InChI=1S/C27H33FN6O2/c1-6-18-16-34(26-25-24(32(4)27(35)31-26)12-9-17(14-29)30-25)19(7-2)15-33(18)23(8-3)21-11-10-20(36-5)13-22(21)28/h9-13,18-19,23H,6-8,15-16H2,1-5H3/t18-,19+,23?/m1/s1. The molecule has 3 aromatic rings. The molecule has 0 saturated carbocycles. The molecule has 8 nitrogen and oxygen atoms in total. The Morgan fingerprint density at radius 3 is 2.50 bits per heavy atom. The van der Waals surface area contributed by atoms with Crippen LogP contribution in [0.4, 0.5) is 10.2 Å². The number of hydrogen-bond donors (Lipinski definition) is 0. The Morgan fingerprint density at radius 1 is 1.14 bits per heavy atom. The summed E-state index contributed by atoms with van der Waals surface area (Å²) in [6.07, 6.45) is 2.42. The number of aryl methyl sites for hydroxylation is 1. The molecule has 4 rings (SSSR count). The van der Waals surface area contributed by atoms with Gasteiger partial charge in [-0.1, -0.05) is 26.8 Å². The van der Waals surface area contributed by atoms with Crippen LogP contribution in [0.2, 0.25) is 0 Å². The highest BCUT2D eigenvalue weighted by Crippen LogP contribution is 2.36. The van der Waals surface area contributed by atoms with E-state index in [4.69, 9.17) is 4.74 Å². The maximum absolute atomic E-state index is 15.1. The number of halogens is 1. The summed E-state index contributed by atoms with van der Waals surface area (Å²) in [4.78, 5) is 26.3. The van der Waals surface area contributed by atoms with E-state index in [-0.39, 0.29) is 35.3 Å². The number of hydrogen-bond acceptors (Lipinski definition) is 7. The first-order valence-corrected chi connectivity index (χ1v) is 12.5. The highest BCUT2D eigenvalue weighted by Gasteiger charge is 2.38. The quantitative estimate of drug-likeness (QED) is 0.489. The average Bonchev–Trinajstić information content (AvgIpc) is 2.91. The Balaban J connectivity index is 1.77. The van der Waals surface area contributed by atoms with Gasteiger partial charge in [0.1, 0.15) is 28.8 Å². The molecule has 2 aromatic heterocycles. The number of anilines is 1.